The number of carbonyl (C=O) groups excluding carboxylic acids is 1. The number of nitrogens with one attached hydrogen (secondary N) is 1. The maximum Gasteiger partial charge on any atom is 0.252 e. The maximum absolute atomic E-state index is 11.4. The van der Waals surface area contributed by atoms with Gasteiger partial charge in [0.1, 0.15) is 0 Å². The number of nitrogens with two attached hydrogens (primary N) is 2. The number of hydrogen-bond donors (Lipinski definition) is 3. The highest BCUT2D eigenvalue weighted by atomic mass is 127. The van der Waals surface area contributed by atoms with Gasteiger partial charge in [-0.2, -0.15) is 5.10 Å². The molecule has 5 N–H and O–H groups in total. The molecule has 2 aromatic rings. The van der Waals surface area contributed by atoms with Crippen LogP contribution in [0.15, 0.2) is 41.5 Å². The van der Waals surface area contributed by atoms with E-state index in [-0.39, 0.29) is 24.0 Å². The molecule has 128 valence electrons. The first kappa shape index (κ1) is 18.2. The fraction of sp³-hybridized carbons (Fsp3) is 0.312. The number of primary amides is 1. The molecule has 1 amide bonds. The van der Waals surface area contributed by atoms with Gasteiger partial charge < -0.3 is 16.8 Å². The quantitative estimate of drug-likeness (QED) is 0.381. The molecule has 3 rings (SSSR count). The predicted molar refractivity (Wildman–Crippen MR) is 105 cm³/mol. The summed E-state index contributed by atoms with van der Waals surface area (Å²) in [6, 6.07) is 9.67. The molecule has 0 radical (unpaired) electrons. The molecule has 7 nitrogen and oxygen atoms in total. The number of benzene rings is 1. The summed E-state index contributed by atoms with van der Waals surface area (Å²) in [5.74, 6) is 0.291. The van der Waals surface area contributed by atoms with Gasteiger partial charge >= 0.3 is 0 Å². The summed E-state index contributed by atoms with van der Waals surface area (Å²) >= 11 is 0. The van der Waals surface area contributed by atoms with Gasteiger partial charge in [0, 0.05) is 18.8 Å². The number of hydrogen-bond acceptors (Lipinski definition) is 3. The van der Waals surface area contributed by atoms with Crippen LogP contribution in [0.4, 0.5) is 5.69 Å². The predicted octanol–water partition coefficient (Wildman–Crippen LogP) is 1.59. The van der Waals surface area contributed by atoms with Gasteiger partial charge in [-0.05, 0) is 30.9 Å². The lowest BCUT2D eigenvalue weighted by molar-refractivity contribution is 0.0998. The van der Waals surface area contributed by atoms with E-state index in [0.29, 0.717) is 24.0 Å². The van der Waals surface area contributed by atoms with E-state index < -0.39 is 5.91 Å². The van der Waals surface area contributed by atoms with E-state index in [4.69, 9.17) is 11.5 Å². The lowest BCUT2D eigenvalue weighted by Crippen LogP contribution is -2.27. The molecule has 0 bridgehead atoms. The molecule has 2 heterocycles. The molecule has 8 heteroatoms. The molecule has 1 aromatic carbocycles. The molecular formula is C16H21IN6O. The van der Waals surface area contributed by atoms with E-state index in [1.54, 1.807) is 6.20 Å². The molecule has 1 unspecified atom stereocenters. The number of carbonyl (C=O) groups is 1. The maximum atomic E-state index is 11.4. The van der Waals surface area contributed by atoms with E-state index in [1.807, 2.05) is 35.0 Å². The summed E-state index contributed by atoms with van der Waals surface area (Å²) in [6.07, 6.45) is 3.24. The molecule has 1 aliphatic heterocycles. The normalized spacial score (nSPS) is 16.8. The minimum absolute atomic E-state index is 0. The number of aromatic nitrogens is 2. The van der Waals surface area contributed by atoms with Crippen molar-refractivity contribution in [3.8, 4) is 0 Å². The van der Waals surface area contributed by atoms with Crippen molar-refractivity contribution in [1.29, 1.82) is 0 Å². The second-order valence-electron chi connectivity index (χ2n) is 5.67. The molecule has 0 saturated heterocycles. The van der Waals surface area contributed by atoms with Crippen LogP contribution in [0, 0.1) is 5.92 Å². The number of aryl methyl sites for hydroxylation is 1. The Kier molecular flexibility index (Phi) is 6.18. The third-order valence-electron chi connectivity index (χ3n) is 4.01. The van der Waals surface area contributed by atoms with Crippen molar-refractivity contribution in [1.82, 2.24) is 9.78 Å². The SMILES string of the molecule is I.NC(=O)c1cnn2c1CC(CN=C(N)Nc1ccccc1)CC2. The Morgan fingerprint density at radius 2 is 2.08 bits per heavy atom. The number of anilines is 1. The van der Waals surface area contributed by atoms with Crippen molar-refractivity contribution < 1.29 is 4.79 Å². The number of aliphatic imine (C=N–C) groups is 1. The number of fused-ring (bicyclic) bond motifs is 1. The van der Waals surface area contributed by atoms with Gasteiger partial charge in [0.25, 0.3) is 5.91 Å². The van der Waals surface area contributed by atoms with E-state index in [9.17, 15) is 4.79 Å². The van der Waals surface area contributed by atoms with Gasteiger partial charge in [0.15, 0.2) is 5.96 Å². The second kappa shape index (κ2) is 8.13. The standard InChI is InChI=1S/C16H20N6O.HI/c17-15(23)13-10-20-22-7-6-11(8-14(13)22)9-19-16(18)21-12-4-2-1-3-5-12;/h1-5,10-11H,6-9H2,(H2,17,23)(H3,18,19,21);1H. The Morgan fingerprint density at radius 3 is 2.79 bits per heavy atom. The van der Waals surface area contributed by atoms with Gasteiger partial charge in [-0.25, -0.2) is 0 Å². The van der Waals surface area contributed by atoms with E-state index in [2.05, 4.69) is 15.4 Å². The lowest BCUT2D eigenvalue weighted by atomic mass is 9.94. The highest BCUT2D eigenvalue weighted by molar-refractivity contribution is 14.0. The van der Waals surface area contributed by atoms with E-state index in [1.165, 1.54) is 0 Å². The van der Waals surface area contributed by atoms with Crippen molar-refractivity contribution in [3.63, 3.8) is 0 Å². The molecule has 0 aliphatic carbocycles. The number of guanidine groups is 1. The first-order valence-corrected chi connectivity index (χ1v) is 7.60. The number of halogens is 1. The van der Waals surface area contributed by atoms with Crippen LogP contribution in [0.25, 0.3) is 0 Å². The van der Waals surface area contributed by atoms with Crippen molar-refractivity contribution in [2.45, 2.75) is 19.4 Å². The highest BCUT2D eigenvalue weighted by Gasteiger charge is 2.24. The molecule has 24 heavy (non-hydrogen) atoms. The Balaban J connectivity index is 0.00000208. The fourth-order valence-corrected chi connectivity index (χ4v) is 2.80. The minimum atomic E-state index is -0.430. The van der Waals surface area contributed by atoms with E-state index >= 15 is 0 Å². The fourth-order valence-electron chi connectivity index (χ4n) is 2.80. The largest absolute Gasteiger partial charge is 0.370 e. The summed E-state index contributed by atoms with van der Waals surface area (Å²) in [5.41, 5.74) is 13.6. The highest BCUT2D eigenvalue weighted by Crippen LogP contribution is 2.23. The lowest BCUT2D eigenvalue weighted by Gasteiger charge is -2.22. The Hall–Kier alpha value is -2.10. The Labute approximate surface area is 157 Å². The average molecular weight is 440 g/mol. The summed E-state index contributed by atoms with van der Waals surface area (Å²) in [4.78, 5) is 15.8. The average Bonchev–Trinajstić information content (AvgIpc) is 2.97. The zero-order valence-electron chi connectivity index (χ0n) is 13.2. The second-order valence-corrected chi connectivity index (χ2v) is 5.67. The van der Waals surface area contributed by atoms with Crippen LogP contribution in [0.2, 0.25) is 0 Å². The smallest absolute Gasteiger partial charge is 0.252 e. The summed E-state index contributed by atoms with van der Waals surface area (Å²) in [7, 11) is 0. The topological polar surface area (TPSA) is 111 Å². The van der Waals surface area contributed by atoms with Crippen molar-refractivity contribution in [3.05, 3.63) is 47.8 Å². The zero-order valence-corrected chi connectivity index (χ0v) is 15.5. The van der Waals surface area contributed by atoms with Gasteiger partial charge in [-0.1, -0.05) is 18.2 Å². The van der Waals surface area contributed by atoms with Gasteiger partial charge in [-0.3, -0.25) is 14.5 Å². The van der Waals surface area contributed by atoms with Crippen LogP contribution in [0.5, 0.6) is 0 Å². The number of para-hydroxylation sites is 1. The molecule has 0 saturated carbocycles. The molecule has 1 aromatic heterocycles. The van der Waals surface area contributed by atoms with Crippen molar-refractivity contribution >= 4 is 41.5 Å². The molecular weight excluding hydrogens is 419 g/mol. The molecule has 1 atom stereocenters. The van der Waals surface area contributed by atoms with Gasteiger partial charge in [-0.15, -0.1) is 24.0 Å². The molecule has 0 spiro atoms. The third kappa shape index (κ3) is 4.25. The van der Waals surface area contributed by atoms with Crippen LogP contribution in [0.1, 0.15) is 22.5 Å². The Morgan fingerprint density at radius 1 is 1.33 bits per heavy atom. The number of nitrogens with zero attached hydrogens (tertiary/aromatic N) is 3. The first-order valence-electron chi connectivity index (χ1n) is 7.60. The summed E-state index contributed by atoms with van der Waals surface area (Å²) in [6.45, 7) is 1.38. The van der Waals surface area contributed by atoms with Gasteiger partial charge in [0.2, 0.25) is 0 Å². The Bertz CT molecular complexity index is 727. The van der Waals surface area contributed by atoms with Crippen LogP contribution < -0.4 is 16.8 Å². The van der Waals surface area contributed by atoms with Crippen molar-refractivity contribution in [2.24, 2.45) is 22.4 Å². The third-order valence-corrected chi connectivity index (χ3v) is 4.01. The monoisotopic (exact) mass is 440 g/mol. The molecule has 1 aliphatic rings. The zero-order chi connectivity index (χ0) is 16.2. The van der Waals surface area contributed by atoms with Gasteiger partial charge in [0.05, 0.1) is 17.5 Å². The molecule has 0 fully saturated rings. The summed E-state index contributed by atoms with van der Waals surface area (Å²) < 4.78 is 1.85. The van der Waals surface area contributed by atoms with Crippen LogP contribution in [-0.4, -0.2) is 28.2 Å². The van der Waals surface area contributed by atoms with Crippen LogP contribution in [-0.2, 0) is 13.0 Å². The van der Waals surface area contributed by atoms with Crippen LogP contribution >= 0.6 is 24.0 Å². The summed E-state index contributed by atoms with van der Waals surface area (Å²) in [5, 5.41) is 7.27. The van der Waals surface area contributed by atoms with Crippen molar-refractivity contribution in [2.75, 3.05) is 11.9 Å². The number of rotatable bonds is 4. The number of amides is 1. The van der Waals surface area contributed by atoms with Crippen LogP contribution in [0.3, 0.4) is 0 Å². The first-order chi connectivity index (χ1) is 11.1. The minimum Gasteiger partial charge on any atom is -0.370 e. The van der Waals surface area contributed by atoms with E-state index in [0.717, 1.165) is 30.8 Å².